The Labute approximate surface area is 124 Å². The Bertz CT molecular complexity index is 696. The quantitative estimate of drug-likeness (QED) is 0.770. The zero-order valence-electron chi connectivity index (χ0n) is 10.2. The fourth-order valence-electron chi connectivity index (χ4n) is 2.40. The summed E-state index contributed by atoms with van der Waals surface area (Å²) < 4.78 is 14.4. The molecular formula is C14H12BrFN2S. The summed E-state index contributed by atoms with van der Waals surface area (Å²) >= 11 is 8.56. The summed E-state index contributed by atoms with van der Waals surface area (Å²) in [5, 5.41) is 0. The average Bonchev–Trinajstić information content (AvgIpc) is 2.42. The molecule has 1 aromatic heterocycles. The molecule has 0 aliphatic heterocycles. The molecule has 3 rings (SSSR count). The van der Waals surface area contributed by atoms with Crippen LogP contribution in [-0.4, -0.2) is 9.97 Å². The lowest BCUT2D eigenvalue weighted by atomic mass is 9.97. The molecule has 0 saturated carbocycles. The summed E-state index contributed by atoms with van der Waals surface area (Å²) in [6.07, 6.45) is 4.37. The van der Waals surface area contributed by atoms with Crippen LogP contribution in [-0.2, 0) is 12.8 Å². The van der Waals surface area contributed by atoms with E-state index < -0.39 is 0 Å². The number of nitrogens with zero attached hydrogens (tertiary/aromatic N) is 1. The van der Waals surface area contributed by atoms with E-state index in [0.717, 1.165) is 18.4 Å². The fraction of sp³-hybridized carbons (Fsp3) is 0.286. The first kappa shape index (κ1) is 12.9. The molecule has 0 unspecified atom stereocenters. The molecule has 1 N–H and O–H groups in total. The third-order valence-electron chi connectivity index (χ3n) is 3.40. The number of fused-ring (bicyclic) bond motifs is 1. The molecule has 2 nitrogen and oxygen atoms in total. The first-order valence-electron chi connectivity index (χ1n) is 6.22. The van der Waals surface area contributed by atoms with Gasteiger partial charge in [0.05, 0.1) is 4.47 Å². The maximum Gasteiger partial charge on any atom is 0.139 e. The lowest BCUT2D eigenvalue weighted by Gasteiger charge is -2.16. The van der Waals surface area contributed by atoms with E-state index in [2.05, 4.69) is 25.9 Å². The van der Waals surface area contributed by atoms with E-state index in [9.17, 15) is 4.39 Å². The summed E-state index contributed by atoms with van der Waals surface area (Å²) in [7, 11) is 0. The number of hydrogen-bond acceptors (Lipinski definition) is 2. The molecule has 19 heavy (non-hydrogen) atoms. The van der Waals surface area contributed by atoms with Gasteiger partial charge >= 0.3 is 0 Å². The van der Waals surface area contributed by atoms with Gasteiger partial charge in [0.1, 0.15) is 16.3 Å². The minimum absolute atomic E-state index is 0.277. The number of halogens is 2. The van der Waals surface area contributed by atoms with E-state index in [1.165, 1.54) is 30.2 Å². The molecule has 1 aliphatic carbocycles. The van der Waals surface area contributed by atoms with Gasteiger partial charge in [-0.15, -0.1) is 0 Å². The topological polar surface area (TPSA) is 28.7 Å². The molecular weight excluding hydrogens is 327 g/mol. The van der Waals surface area contributed by atoms with Crippen molar-refractivity contribution in [3.8, 4) is 11.4 Å². The molecule has 0 radical (unpaired) electrons. The van der Waals surface area contributed by atoms with Crippen LogP contribution >= 0.6 is 28.1 Å². The maximum absolute atomic E-state index is 13.3. The summed E-state index contributed by atoms with van der Waals surface area (Å²) in [4.78, 5) is 7.79. The van der Waals surface area contributed by atoms with Crippen molar-refractivity contribution in [1.82, 2.24) is 9.97 Å². The van der Waals surface area contributed by atoms with Crippen molar-refractivity contribution in [3.63, 3.8) is 0 Å². The molecule has 0 atom stereocenters. The third kappa shape index (κ3) is 2.49. The van der Waals surface area contributed by atoms with Gasteiger partial charge in [0.15, 0.2) is 0 Å². The van der Waals surface area contributed by atoms with Gasteiger partial charge < -0.3 is 4.98 Å². The Morgan fingerprint density at radius 1 is 1.26 bits per heavy atom. The van der Waals surface area contributed by atoms with Crippen molar-refractivity contribution in [1.29, 1.82) is 0 Å². The van der Waals surface area contributed by atoms with Crippen molar-refractivity contribution in [2.45, 2.75) is 25.7 Å². The molecule has 2 aromatic rings. The highest BCUT2D eigenvalue weighted by molar-refractivity contribution is 9.10. The van der Waals surface area contributed by atoms with Gasteiger partial charge in [0, 0.05) is 16.8 Å². The SMILES string of the molecule is Fc1ccc(-c2nc(=S)c3c([nH]2)CCCC3)cc1Br. The molecule has 1 aliphatic rings. The highest BCUT2D eigenvalue weighted by Gasteiger charge is 2.14. The second-order valence-electron chi connectivity index (χ2n) is 4.68. The van der Waals surface area contributed by atoms with Crippen LogP contribution in [0.4, 0.5) is 4.39 Å². The molecule has 0 fully saturated rings. The zero-order valence-corrected chi connectivity index (χ0v) is 12.6. The number of aryl methyl sites for hydroxylation is 1. The largest absolute Gasteiger partial charge is 0.343 e. The fourth-order valence-corrected chi connectivity index (χ4v) is 3.09. The maximum atomic E-state index is 13.3. The van der Waals surface area contributed by atoms with Gasteiger partial charge in [-0.05, 0) is 59.8 Å². The van der Waals surface area contributed by atoms with Gasteiger partial charge in [-0.1, -0.05) is 12.2 Å². The van der Waals surface area contributed by atoms with Gasteiger partial charge in [0.25, 0.3) is 0 Å². The van der Waals surface area contributed by atoms with Crippen molar-refractivity contribution in [2.75, 3.05) is 0 Å². The van der Waals surface area contributed by atoms with E-state index in [-0.39, 0.29) is 5.82 Å². The number of hydrogen-bond donors (Lipinski definition) is 1. The molecule has 1 aromatic carbocycles. The van der Waals surface area contributed by atoms with Crippen LogP contribution in [0.3, 0.4) is 0 Å². The molecule has 0 saturated heterocycles. The van der Waals surface area contributed by atoms with Crippen molar-refractivity contribution < 1.29 is 4.39 Å². The summed E-state index contributed by atoms with van der Waals surface area (Å²) in [5.41, 5.74) is 3.20. The number of nitrogens with one attached hydrogen (secondary N) is 1. The Morgan fingerprint density at radius 3 is 2.84 bits per heavy atom. The van der Waals surface area contributed by atoms with Gasteiger partial charge in [-0.2, -0.15) is 0 Å². The van der Waals surface area contributed by atoms with Crippen LogP contribution in [0.1, 0.15) is 24.1 Å². The van der Waals surface area contributed by atoms with Gasteiger partial charge in [0.2, 0.25) is 0 Å². The first-order valence-corrected chi connectivity index (χ1v) is 7.43. The molecule has 98 valence electrons. The van der Waals surface area contributed by atoms with Crippen LogP contribution in [0.25, 0.3) is 11.4 Å². The van der Waals surface area contributed by atoms with E-state index in [4.69, 9.17) is 12.2 Å². The number of H-pyrrole nitrogens is 1. The van der Waals surface area contributed by atoms with E-state index in [0.29, 0.717) is 14.9 Å². The zero-order chi connectivity index (χ0) is 13.4. The molecule has 1 heterocycles. The van der Waals surface area contributed by atoms with Crippen LogP contribution in [0.2, 0.25) is 0 Å². The number of aromatic nitrogens is 2. The predicted octanol–water partition coefficient (Wildman–Crippen LogP) is 4.59. The summed E-state index contributed by atoms with van der Waals surface area (Å²) in [6.45, 7) is 0. The third-order valence-corrected chi connectivity index (χ3v) is 4.35. The summed E-state index contributed by atoms with van der Waals surface area (Å²) in [6, 6.07) is 4.86. The Morgan fingerprint density at radius 2 is 2.05 bits per heavy atom. The van der Waals surface area contributed by atoms with Gasteiger partial charge in [-0.3, -0.25) is 0 Å². The normalized spacial score (nSPS) is 14.2. The average molecular weight is 339 g/mol. The van der Waals surface area contributed by atoms with Gasteiger partial charge in [-0.25, -0.2) is 9.37 Å². The second-order valence-corrected chi connectivity index (χ2v) is 5.92. The van der Waals surface area contributed by atoms with Crippen LogP contribution < -0.4 is 0 Å². The molecule has 0 bridgehead atoms. The van der Waals surface area contributed by atoms with Crippen LogP contribution in [0.5, 0.6) is 0 Å². The Kier molecular flexibility index (Phi) is 3.50. The smallest absolute Gasteiger partial charge is 0.139 e. The van der Waals surface area contributed by atoms with Crippen molar-refractivity contribution in [2.24, 2.45) is 0 Å². The van der Waals surface area contributed by atoms with Crippen molar-refractivity contribution in [3.05, 3.63) is 44.4 Å². The Hall–Kier alpha value is -1.07. The van der Waals surface area contributed by atoms with E-state index >= 15 is 0 Å². The standard InChI is InChI=1S/C14H12BrFN2S/c15-10-7-8(5-6-11(10)16)13-17-12-4-2-1-3-9(12)14(19)18-13/h5-7H,1-4H2,(H,17,18,19). The predicted molar refractivity (Wildman–Crippen MR) is 79.2 cm³/mol. The first-order chi connectivity index (χ1) is 9.15. The monoisotopic (exact) mass is 338 g/mol. The summed E-state index contributed by atoms with van der Waals surface area (Å²) in [5.74, 6) is 0.437. The number of benzene rings is 1. The molecule has 0 spiro atoms. The lowest BCUT2D eigenvalue weighted by molar-refractivity contribution is 0.621. The van der Waals surface area contributed by atoms with E-state index in [1.807, 2.05) is 0 Å². The van der Waals surface area contributed by atoms with Crippen LogP contribution in [0, 0.1) is 10.5 Å². The lowest BCUT2D eigenvalue weighted by Crippen LogP contribution is -2.08. The minimum atomic E-state index is -0.277. The molecule has 5 heteroatoms. The molecule has 0 amide bonds. The Balaban J connectivity index is 2.12. The second kappa shape index (κ2) is 5.13. The van der Waals surface area contributed by atoms with Crippen LogP contribution in [0.15, 0.2) is 22.7 Å². The minimum Gasteiger partial charge on any atom is -0.343 e. The highest BCUT2D eigenvalue weighted by atomic mass is 79.9. The number of rotatable bonds is 1. The van der Waals surface area contributed by atoms with Crippen molar-refractivity contribution >= 4 is 28.1 Å². The van der Waals surface area contributed by atoms with E-state index in [1.54, 1.807) is 12.1 Å². The highest BCUT2D eigenvalue weighted by Crippen LogP contribution is 2.26. The number of aromatic amines is 1.